The predicted molar refractivity (Wildman–Crippen MR) is 122 cm³/mol. The minimum Gasteiger partial charge on any atom is -0.493 e. The molecule has 1 saturated heterocycles. The van der Waals surface area contributed by atoms with Crippen molar-refractivity contribution in [3.8, 4) is 23.3 Å². The summed E-state index contributed by atoms with van der Waals surface area (Å²) < 4.78 is 16.9. The van der Waals surface area contributed by atoms with Gasteiger partial charge in [-0.15, -0.1) is 0 Å². The normalized spacial score (nSPS) is 24.6. The Morgan fingerprint density at radius 3 is 2.26 bits per heavy atom. The molecule has 3 aliphatic rings. The molecule has 4 atom stereocenters. The Morgan fingerprint density at radius 2 is 1.68 bits per heavy atom. The van der Waals surface area contributed by atoms with E-state index in [1.54, 1.807) is 24.3 Å². The molecule has 1 saturated carbocycles. The van der Waals surface area contributed by atoms with Gasteiger partial charge in [-0.3, -0.25) is 9.59 Å². The SMILES string of the molecule is COc1cc(C=NN2C(=O)C3C4C=CC(C4)C3C2=O)cc(OC)c1OCc1ccccc1C#N. The van der Waals surface area contributed by atoms with Crippen LogP contribution in [0, 0.1) is 35.0 Å². The fraction of sp³-hybridized carbons (Fsp3) is 0.308. The number of allylic oxidation sites excluding steroid dienone is 2. The lowest BCUT2D eigenvalue weighted by atomic mass is 9.85. The standard InChI is InChI=1S/C26H23N3O5/c1-32-20-9-15(10-21(33-2)24(20)34-14-19-6-4-3-5-18(19)12-27)13-28-29-25(30)22-16-7-8-17(11-16)23(22)26(29)31/h3-10,13,16-17,22-23H,11,14H2,1-2H3. The third-order valence-electron chi connectivity index (χ3n) is 6.76. The van der Waals surface area contributed by atoms with Crippen molar-refractivity contribution in [1.82, 2.24) is 5.01 Å². The lowest BCUT2D eigenvalue weighted by molar-refractivity contribution is -0.140. The van der Waals surface area contributed by atoms with Crippen molar-refractivity contribution < 1.29 is 23.8 Å². The first-order valence-corrected chi connectivity index (χ1v) is 11.0. The van der Waals surface area contributed by atoms with E-state index >= 15 is 0 Å². The zero-order valence-electron chi connectivity index (χ0n) is 18.8. The molecular formula is C26H23N3O5. The number of hydrazone groups is 1. The number of carbonyl (C=O) groups excluding carboxylic acids is 2. The number of methoxy groups -OCH3 is 2. The van der Waals surface area contributed by atoms with Gasteiger partial charge in [-0.2, -0.15) is 15.4 Å². The summed E-state index contributed by atoms with van der Waals surface area (Å²) in [6, 6.07) is 12.7. The van der Waals surface area contributed by atoms with Gasteiger partial charge in [-0.05, 0) is 36.5 Å². The molecule has 2 amide bonds. The van der Waals surface area contributed by atoms with Crippen LogP contribution in [0.15, 0.2) is 53.7 Å². The molecule has 2 aliphatic carbocycles. The number of hydrogen-bond acceptors (Lipinski definition) is 7. The number of amides is 2. The Labute approximate surface area is 197 Å². The molecule has 2 bridgehead atoms. The van der Waals surface area contributed by atoms with Gasteiger partial charge in [0.15, 0.2) is 11.5 Å². The maximum atomic E-state index is 12.8. The number of benzene rings is 2. The van der Waals surface area contributed by atoms with Gasteiger partial charge in [0, 0.05) is 11.1 Å². The van der Waals surface area contributed by atoms with E-state index in [1.807, 2.05) is 24.3 Å². The summed E-state index contributed by atoms with van der Waals surface area (Å²) in [6.45, 7) is 0.153. The fourth-order valence-electron chi connectivity index (χ4n) is 5.15. The van der Waals surface area contributed by atoms with Crippen LogP contribution in [-0.4, -0.2) is 37.3 Å². The molecule has 2 aromatic carbocycles. The second kappa shape index (κ2) is 8.67. The molecular weight excluding hydrogens is 434 g/mol. The lowest BCUT2D eigenvalue weighted by Crippen LogP contribution is -2.28. The minimum absolute atomic E-state index is 0.134. The van der Waals surface area contributed by atoms with Gasteiger partial charge in [0.05, 0.1) is 43.9 Å². The summed E-state index contributed by atoms with van der Waals surface area (Å²) in [5.74, 6) is 0.369. The number of nitriles is 1. The molecule has 172 valence electrons. The van der Waals surface area contributed by atoms with Crippen molar-refractivity contribution >= 4 is 18.0 Å². The van der Waals surface area contributed by atoms with Crippen molar-refractivity contribution in [2.24, 2.45) is 28.8 Å². The third kappa shape index (κ3) is 3.50. The molecule has 1 heterocycles. The summed E-state index contributed by atoms with van der Waals surface area (Å²) in [5, 5.41) is 14.5. The van der Waals surface area contributed by atoms with Gasteiger partial charge in [0.25, 0.3) is 11.8 Å². The quantitative estimate of drug-likeness (QED) is 0.359. The smallest absolute Gasteiger partial charge is 0.254 e. The number of imide groups is 1. The molecule has 0 spiro atoms. The van der Waals surface area contributed by atoms with Crippen molar-refractivity contribution in [3.05, 3.63) is 65.2 Å². The maximum Gasteiger partial charge on any atom is 0.254 e. The zero-order valence-corrected chi connectivity index (χ0v) is 18.8. The van der Waals surface area contributed by atoms with Crippen molar-refractivity contribution in [2.45, 2.75) is 13.0 Å². The summed E-state index contributed by atoms with van der Waals surface area (Å²) >= 11 is 0. The largest absolute Gasteiger partial charge is 0.493 e. The number of rotatable bonds is 7. The highest BCUT2D eigenvalue weighted by atomic mass is 16.5. The van der Waals surface area contributed by atoms with Crippen molar-refractivity contribution in [2.75, 3.05) is 14.2 Å². The second-order valence-corrected chi connectivity index (χ2v) is 8.54. The molecule has 1 aliphatic heterocycles. The van der Waals surface area contributed by atoms with E-state index in [9.17, 15) is 14.9 Å². The van der Waals surface area contributed by atoms with E-state index < -0.39 is 0 Å². The average Bonchev–Trinajstić information content (AvgIpc) is 3.55. The predicted octanol–water partition coefficient (Wildman–Crippen LogP) is 3.30. The highest BCUT2D eigenvalue weighted by Gasteiger charge is 2.59. The van der Waals surface area contributed by atoms with Gasteiger partial charge < -0.3 is 14.2 Å². The van der Waals surface area contributed by atoms with E-state index in [2.05, 4.69) is 11.2 Å². The Kier molecular flexibility index (Phi) is 5.54. The topological polar surface area (TPSA) is 101 Å². The molecule has 4 unspecified atom stereocenters. The fourth-order valence-corrected chi connectivity index (χ4v) is 5.15. The molecule has 5 rings (SSSR count). The monoisotopic (exact) mass is 457 g/mol. The van der Waals surface area contributed by atoms with Crippen LogP contribution in [0.2, 0.25) is 0 Å². The van der Waals surface area contributed by atoms with Crippen LogP contribution in [0.3, 0.4) is 0 Å². The van der Waals surface area contributed by atoms with Gasteiger partial charge in [0.1, 0.15) is 6.61 Å². The number of nitrogens with zero attached hydrogens (tertiary/aromatic N) is 3. The number of ether oxygens (including phenoxy) is 3. The van der Waals surface area contributed by atoms with E-state index in [4.69, 9.17) is 14.2 Å². The zero-order chi connectivity index (χ0) is 23.8. The molecule has 2 fully saturated rings. The Balaban J connectivity index is 1.37. The molecule has 8 nitrogen and oxygen atoms in total. The van der Waals surface area contributed by atoms with Crippen LogP contribution in [-0.2, 0) is 16.2 Å². The first-order chi connectivity index (χ1) is 16.5. The van der Waals surface area contributed by atoms with Crippen molar-refractivity contribution in [1.29, 1.82) is 5.26 Å². The van der Waals surface area contributed by atoms with Crippen LogP contribution in [0.4, 0.5) is 0 Å². The van der Waals surface area contributed by atoms with Gasteiger partial charge in [0.2, 0.25) is 5.75 Å². The molecule has 0 radical (unpaired) electrons. The van der Waals surface area contributed by atoms with Crippen LogP contribution < -0.4 is 14.2 Å². The van der Waals surface area contributed by atoms with Gasteiger partial charge >= 0.3 is 0 Å². The Hall–Kier alpha value is -4.12. The van der Waals surface area contributed by atoms with Crippen molar-refractivity contribution in [3.63, 3.8) is 0 Å². The van der Waals surface area contributed by atoms with Crippen LogP contribution in [0.5, 0.6) is 17.2 Å². The summed E-state index contributed by atoms with van der Waals surface area (Å²) in [7, 11) is 3.01. The van der Waals surface area contributed by atoms with Gasteiger partial charge in [-0.1, -0.05) is 30.4 Å². The summed E-state index contributed by atoms with van der Waals surface area (Å²) in [6.07, 6.45) is 6.42. The highest BCUT2D eigenvalue weighted by molar-refractivity contribution is 6.06. The molecule has 0 N–H and O–H groups in total. The lowest BCUT2D eigenvalue weighted by Gasteiger charge is -2.16. The minimum atomic E-state index is -0.296. The maximum absolute atomic E-state index is 12.8. The Morgan fingerprint density at radius 1 is 1.06 bits per heavy atom. The van der Waals surface area contributed by atoms with E-state index in [-0.39, 0.29) is 42.1 Å². The highest BCUT2D eigenvalue weighted by Crippen LogP contribution is 2.52. The third-order valence-corrected chi connectivity index (χ3v) is 6.76. The average molecular weight is 457 g/mol. The number of hydrogen-bond donors (Lipinski definition) is 0. The van der Waals surface area contributed by atoms with Crippen LogP contribution in [0.25, 0.3) is 0 Å². The molecule has 2 aromatic rings. The summed E-state index contributed by atoms with van der Waals surface area (Å²) in [5.41, 5.74) is 1.84. The number of fused-ring (bicyclic) bond motifs is 5. The summed E-state index contributed by atoms with van der Waals surface area (Å²) in [4.78, 5) is 25.7. The van der Waals surface area contributed by atoms with Crippen LogP contribution >= 0.6 is 0 Å². The van der Waals surface area contributed by atoms with Crippen LogP contribution in [0.1, 0.15) is 23.1 Å². The second-order valence-electron chi connectivity index (χ2n) is 8.54. The first kappa shape index (κ1) is 21.7. The van der Waals surface area contributed by atoms with E-state index in [0.29, 0.717) is 28.4 Å². The molecule has 0 aromatic heterocycles. The van der Waals surface area contributed by atoms with E-state index in [0.717, 1.165) is 17.0 Å². The molecule has 8 heteroatoms. The van der Waals surface area contributed by atoms with Gasteiger partial charge in [-0.25, -0.2) is 0 Å². The number of carbonyl (C=O) groups is 2. The Bertz CT molecular complexity index is 1210. The molecule has 34 heavy (non-hydrogen) atoms. The van der Waals surface area contributed by atoms with E-state index in [1.165, 1.54) is 20.4 Å². The first-order valence-electron chi connectivity index (χ1n) is 11.0.